The Hall–Kier alpha value is -1.55. The van der Waals surface area contributed by atoms with Crippen LogP contribution in [0.2, 0.25) is 0 Å². The summed E-state index contributed by atoms with van der Waals surface area (Å²) in [4.78, 5) is 12.4. The van der Waals surface area contributed by atoms with Gasteiger partial charge in [-0.15, -0.1) is 0 Å². The van der Waals surface area contributed by atoms with Crippen molar-refractivity contribution in [1.29, 1.82) is 0 Å². The van der Waals surface area contributed by atoms with Gasteiger partial charge < -0.3 is 14.6 Å². The van der Waals surface area contributed by atoms with Gasteiger partial charge in [-0.3, -0.25) is 0 Å². The Balaban J connectivity index is 1.71. The third-order valence-electron chi connectivity index (χ3n) is 7.49. The summed E-state index contributed by atoms with van der Waals surface area (Å²) in [5, 5.41) is 10.5. The van der Waals surface area contributed by atoms with Crippen LogP contribution < -0.4 is 4.74 Å². The second-order valence-electron chi connectivity index (χ2n) is 8.52. The molecule has 0 radical (unpaired) electrons. The molecule has 1 aromatic rings. The van der Waals surface area contributed by atoms with Gasteiger partial charge in [0.25, 0.3) is 0 Å². The van der Waals surface area contributed by atoms with Crippen LogP contribution in [-0.2, 0) is 11.2 Å². The van der Waals surface area contributed by atoms with Crippen molar-refractivity contribution in [3.8, 4) is 5.75 Å². The largest absolute Gasteiger partial charge is 0.496 e. The van der Waals surface area contributed by atoms with E-state index < -0.39 is 0 Å². The number of esters is 1. The molecular formula is C22H30O4. The monoisotopic (exact) mass is 358 g/mol. The Morgan fingerprint density at radius 1 is 1.27 bits per heavy atom. The Morgan fingerprint density at radius 2 is 2.08 bits per heavy atom. The van der Waals surface area contributed by atoms with E-state index in [0.29, 0.717) is 35.7 Å². The number of aliphatic hydroxyl groups excluding tert-OH is 1. The molecule has 3 aliphatic rings. The Morgan fingerprint density at radius 3 is 2.81 bits per heavy atom. The first kappa shape index (κ1) is 17.8. The van der Waals surface area contributed by atoms with E-state index in [2.05, 4.69) is 13.0 Å². The summed E-state index contributed by atoms with van der Waals surface area (Å²) in [7, 11) is 1.61. The predicted octanol–water partition coefficient (Wildman–Crippen LogP) is 4.09. The van der Waals surface area contributed by atoms with Gasteiger partial charge in [0.15, 0.2) is 0 Å². The summed E-state index contributed by atoms with van der Waals surface area (Å²) in [5.74, 6) is 2.02. The fourth-order valence-corrected chi connectivity index (χ4v) is 6.11. The first-order valence-electron chi connectivity index (χ1n) is 10.1. The molecule has 26 heavy (non-hydrogen) atoms. The predicted molar refractivity (Wildman–Crippen MR) is 99.6 cm³/mol. The Bertz CT molecular complexity index is 712. The van der Waals surface area contributed by atoms with Gasteiger partial charge in [-0.05, 0) is 91.9 Å². The fraction of sp³-hybridized carbons (Fsp3) is 0.682. The van der Waals surface area contributed by atoms with Gasteiger partial charge in [-0.2, -0.15) is 0 Å². The fourth-order valence-electron chi connectivity index (χ4n) is 6.11. The first-order chi connectivity index (χ1) is 12.5. The molecule has 1 aromatic carbocycles. The molecule has 3 aliphatic carbocycles. The minimum atomic E-state index is -0.300. The highest BCUT2D eigenvalue weighted by Gasteiger charge is 2.54. The summed E-state index contributed by atoms with van der Waals surface area (Å²) >= 11 is 0. The SMILES string of the molecule is CCOC(=O)c1cc2c(cc1OC)CCC1C2CC[C@]2(C)C(O)CCC12. The van der Waals surface area contributed by atoms with Gasteiger partial charge >= 0.3 is 5.97 Å². The minimum Gasteiger partial charge on any atom is -0.496 e. The molecule has 4 unspecified atom stereocenters. The van der Waals surface area contributed by atoms with E-state index in [-0.39, 0.29) is 17.5 Å². The maximum atomic E-state index is 12.4. The third kappa shape index (κ3) is 2.57. The van der Waals surface area contributed by atoms with Gasteiger partial charge in [-0.1, -0.05) is 6.92 Å². The highest BCUT2D eigenvalue weighted by atomic mass is 16.5. The molecule has 0 heterocycles. The number of aryl methyl sites for hydroxylation is 1. The molecule has 1 N–H and O–H groups in total. The summed E-state index contributed by atoms with van der Waals surface area (Å²) in [6.07, 6.45) is 6.28. The minimum absolute atomic E-state index is 0.0785. The molecule has 2 fully saturated rings. The number of methoxy groups -OCH3 is 1. The van der Waals surface area contributed by atoms with Crippen LogP contribution >= 0.6 is 0 Å². The van der Waals surface area contributed by atoms with Gasteiger partial charge in [0.05, 0.1) is 19.8 Å². The number of benzene rings is 1. The van der Waals surface area contributed by atoms with E-state index in [0.717, 1.165) is 32.1 Å². The number of hydrogen-bond acceptors (Lipinski definition) is 4. The van der Waals surface area contributed by atoms with Crippen LogP contribution in [0.1, 0.15) is 73.4 Å². The Labute approximate surface area is 155 Å². The average molecular weight is 358 g/mol. The van der Waals surface area contributed by atoms with E-state index >= 15 is 0 Å². The molecule has 4 heteroatoms. The standard InChI is InChI=1S/C22H30O4/c1-4-26-21(24)17-12-16-13(11-19(17)25-3)5-6-15-14(16)9-10-22(2)18(15)7-8-20(22)23/h11-12,14-15,18,20,23H,4-10H2,1-3H3/t14?,15?,18?,20?,22-/m0/s1. The van der Waals surface area contributed by atoms with Crippen LogP contribution in [0.5, 0.6) is 5.75 Å². The van der Waals surface area contributed by atoms with Crippen LogP contribution in [-0.4, -0.2) is 30.9 Å². The normalized spacial score (nSPS) is 35.2. The van der Waals surface area contributed by atoms with Gasteiger partial charge in [-0.25, -0.2) is 4.79 Å². The molecule has 0 bridgehead atoms. The lowest BCUT2D eigenvalue weighted by Crippen LogP contribution is -2.44. The number of hydrogen-bond donors (Lipinski definition) is 1. The van der Waals surface area contributed by atoms with Crippen LogP contribution in [0.3, 0.4) is 0 Å². The van der Waals surface area contributed by atoms with Crippen LogP contribution in [0, 0.1) is 17.3 Å². The van der Waals surface area contributed by atoms with E-state index in [1.807, 2.05) is 13.0 Å². The Kier molecular flexibility index (Phi) is 4.50. The molecule has 142 valence electrons. The average Bonchev–Trinajstić information content (AvgIpc) is 2.95. The van der Waals surface area contributed by atoms with Crippen LogP contribution in [0.25, 0.3) is 0 Å². The van der Waals surface area contributed by atoms with Crippen LogP contribution in [0.15, 0.2) is 12.1 Å². The number of rotatable bonds is 3. The zero-order valence-electron chi connectivity index (χ0n) is 16.1. The van der Waals surface area contributed by atoms with Crippen molar-refractivity contribution >= 4 is 5.97 Å². The molecule has 0 saturated heterocycles. The second kappa shape index (κ2) is 6.56. The van der Waals surface area contributed by atoms with E-state index in [4.69, 9.17) is 9.47 Å². The molecule has 5 atom stereocenters. The lowest BCUT2D eigenvalue weighted by atomic mass is 9.55. The molecule has 0 amide bonds. The number of ether oxygens (including phenoxy) is 2. The highest BCUT2D eigenvalue weighted by molar-refractivity contribution is 5.93. The molecular weight excluding hydrogens is 328 g/mol. The van der Waals surface area contributed by atoms with Gasteiger partial charge in [0.1, 0.15) is 11.3 Å². The maximum Gasteiger partial charge on any atom is 0.341 e. The highest BCUT2D eigenvalue weighted by Crippen LogP contribution is 2.61. The summed E-state index contributed by atoms with van der Waals surface area (Å²) in [5.41, 5.74) is 3.26. The molecule has 2 saturated carbocycles. The zero-order valence-corrected chi connectivity index (χ0v) is 16.1. The topological polar surface area (TPSA) is 55.8 Å². The first-order valence-corrected chi connectivity index (χ1v) is 10.1. The number of fused-ring (bicyclic) bond motifs is 5. The van der Waals surface area contributed by atoms with Gasteiger partial charge in [0, 0.05) is 0 Å². The van der Waals surface area contributed by atoms with E-state index in [1.165, 1.54) is 17.5 Å². The second-order valence-corrected chi connectivity index (χ2v) is 8.52. The quantitative estimate of drug-likeness (QED) is 0.827. The van der Waals surface area contributed by atoms with E-state index in [9.17, 15) is 9.90 Å². The molecule has 0 spiro atoms. The summed E-state index contributed by atoms with van der Waals surface area (Å²) in [6.45, 7) is 4.48. The van der Waals surface area contributed by atoms with Crippen molar-refractivity contribution in [2.45, 2.75) is 64.4 Å². The third-order valence-corrected chi connectivity index (χ3v) is 7.49. The number of carbonyl (C=O) groups is 1. The van der Waals surface area contributed by atoms with Gasteiger partial charge in [0.2, 0.25) is 0 Å². The van der Waals surface area contributed by atoms with Crippen LogP contribution in [0.4, 0.5) is 0 Å². The lowest BCUT2D eigenvalue weighted by molar-refractivity contribution is -0.0226. The molecule has 4 rings (SSSR count). The number of aliphatic hydroxyl groups is 1. The van der Waals surface area contributed by atoms with Crippen molar-refractivity contribution in [1.82, 2.24) is 0 Å². The molecule has 0 aliphatic heterocycles. The summed E-state index contributed by atoms with van der Waals surface area (Å²) < 4.78 is 10.7. The lowest BCUT2D eigenvalue weighted by Gasteiger charge is -2.50. The van der Waals surface area contributed by atoms with E-state index in [1.54, 1.807) is 7.11 Å². The zero-order chi connectivity index (χ0) is 18.5. The number of carbonyl (C=O) groups excluding carboxylic acids is 1. The van der Waals surface area contributed by atoms with Crippen molar-refractivity contribution in [3.63, 3.8) is 0 Å². The molecule has 0 aromatic heterocycles. The molecule has 4 nitrogen and oxygen atoms in total. The maximum absolute atomic E-state index is 12.4. The summed E-state index contributed by atoms with van der Waals surface area (Å²) in [6, 6.07) is 4.09. The van der Waals surface area contributed by atoms with Crippen molar-refractivity contribution < 1.29 is 19.4 Å². The smallest absolute Gasteiger partial charge is 0.341 e. The van der Waals surface area contributed by atoms with Crippen molar-refractivity contribution in [2.24, 2.45) is 17.3 Å². The van der Waals surface area contributed by atoms with Crippen molar-refractivity contribution in [2.75, 3.05) is 13.7 Å². The van der Waals surface area contributed by atoms with Crippen molar-refractivity contribution in [3.05, 3.63) is 28.8 Å².